The summed E-state index contributed by atoms with van der Waals surface area (Å²) in [5.41, 5.74) is 3.79. The van der Waals surface area contributed by atoms with Crippen molar-refractivity contribution >= 4 is 22.2 Å². The van der Waals surface area contributed by atoms with Crippen LogP contribution in [0.3, 0.4) is 0 Å². The highest BCUT2D eigenvalue weighted by atomic mass is 32.1. The number of hydrogen-bond acceptors (Lipinski definition) is 3. The fourth-order valence-electron chi connectivity index (χ4n) is 2.72. The number of aryl methyl sites for hydroxylation is 1. The van der Waals surface area contributed by atoms with Gasteiger partial charge in [-0.05, 0) is 47.7 Å². The minimum atomic E-state index is 0.261. The first-order chi connectivity index (χ1) is 10.3. The zero-order valence-electron chi connectivity index (χ0n) is 12.5. The molecule has 0 fully saturated rings. The second-order valence-electron chi connectivity index (χ2n) is 5.11. The van der Waals surface area contributed by atoms with Crippen LogP contribution in [0, 0.1) is 0 Å². The van der Waals surface area contributed by atoms with Crippen LogP contribution in [0.15, 0.2) is 48.0 Å². The number of aromatic nitrogens is 1. The Labute approximate surface area is 129 Å². The van der Waals surface area contributed by atoms with Gasteiger partial charge in [0.2, 0.25) is 0 Å². The summed E-state index contributed by atoms with van der Waals surface area (Å²) in [6.07, 6.45) is 2.93. The summed E-state index contributed by atoms with van der Waals surface area (Å²) in [7, 11) is 0. The fraction of sp³-hybridized carbons (Fsp3) is 0.278. The summed E-state index contributed by atoms with van der Waals surface area (Å²) in [5, 5.41) is 7.01. The molecule has 3 heteroatoms. The Kier molecular flexibility index (Phi) is 4.32. The van der Waals surface area contributed by atoms with E-state index in [1.807, 2.05) is 23.6 Å². The maximum Gasteiger partial charge on any atom is 0.0705 e. The highest BCUT2D eigenvalue weighted by Crippen LogP contribution is 2.31. The van der Waals surface area contributed by atoms with Gasteiger partial charge >= 0.3 is 0 Å². The molecule has 0 radical (unpaired) electrons. The van der Waals surface area contributed by atoms with E-state index >= 15 is 0 Å². The minimum Gasteiger partial charge on any atom is -0.306 e. The molecule has 0 bridgehead atoms. The van der Waals surface area contributed by atoms with Crippen molar-refractivity contribution in [3.8, 4) is 0 Å². The van der Waals surface area contributed by atoms with Crippen molar-refractivity contribution in [1.82, 2.24) is 10.3 Å². The van der Waals surface area contributed by atoms with Crippen LogP contribution >= 0.6 is 11.3 Å². The molecule has 1 unspecified atom stereocenters. The van der Waals surface area contributed by atoms with Gasteiger partial charge in [0.15, 0.2) is 0 Å². The van der Waals surface area contributed by atoms with E-state index in [9.17, 15) is 0 Å². The molecule has 1 atom stereocenters. The third kappa shape index (κ3) is 2.85. The fourth-order valence-corrected chi connectivity index (χ4v) is 3.82. The molecule has 1 aromatic carbocycles. The van der Waals surface area contributed by atoms with E-state index in [0.717, 1.165) is 18.5 Å². The van der Waals surface area contributed by atoms with Gasteiger partial charge in [-0.1, -0.05) is 32.0 Å². The van der Waals surface area contributed by atoms with Gasteiger partial charge in [-0.3, -0.25) is 4.98 Å². The molecule has 0 spiro atoms. The molecule has 0 aliphatic carbocycles. The normalized spacial score (nSPS) is 12.7. The topological polar surface area (TPSA) is 24.9 Å². The van der Waals surface area contributed by atoms with Gasteiger partial charge in [0.25, 0.3) is 0 Å². The van der Waals surface area contributed by atoms with Crippen LogP contribution in [0.5, 0.6) is 0 Å². The zero-order valence-corrected chi connectivity index (χ0v) is 13.3. The summed E-state index contributed by atoms with van der Waals surface area (Å²) in [5.74, 6) is 0. The van der Waals surface area contributed by atoms with Crippen molar-refractivity contribution in [2.24, 2.45) is 0 Å². The monoisotopic (exact) mass is 296 g/mol. The van der Waals surface area contributed by atoms with E-state index in [4.69, 9.17) is 0 Å². The number of nitrogens with one attached hydrogen (secondary N) is 1. The average Bonchev–Trinajstić information content (AvgIpc) is 3.00. The van der Waals surface area contributed by atoms with Crippen LogP contribution in [-0.2, 0) is 6.42 Å². The van der Waals surface area contributed by atoms with Crippen molar-refractivity contribution in [3.63, 3.8) is 0 Å². The molecule has 108 valence electrons. The van der Waals surface area contributed by atoms with Gasteiger partial charge in [0.1, 0.15) is 0 Å². The average molecular weight is 296 g/mol. The molecule has 3 aromatic rings. The van der Waals surface area contributed by atoms with Gasteiger partial charge < -0.3 is 5.32 Å². The molecule has 0 saturated carbocycles. The van der Waals surface area contributed by atoms with Gasteiger partial charge in [0, 0.05) is 16.5 Å². The second kappa shape index (κ2) is 6.37. The van der Waals surface area contributed by atoms with Crippen LogP contribution in [0.4, 0.5) is 0 Å². The first-order valence-electron chi connectivity index (χ1n) is 7.47. The predicted octanol–water partition coefficient (Wildman–Crippen LogP) is 4.56. The van der Waals surface area contributed by atoms with Gasteiger partial charge in [-0.2, -0.15) is 0 Å². The Morgan fingerprint density at radius 1 is 1.19 bits per heavy atom. The minimum absolute atomic E-state index is 0.261. The highest BCUT2D eigenvalue weighted by molar-refractivity contribution is 7.10. The smallest absolute Gasteiger partial charge is 0.0705 e. The first kappa shape index (κ1) is 14.2. The zero-order chi connectivity index (χ0) is 14.7. The molecule has 3 rings (SSSR count). The van der Waals surface area contributed by atoms with Gasteiger partial charge in [-0.25, -0.2) is 0 Å². The molecule has 1 N–H and O–H groups in total. The van der Waals surface area contributed by atoms with E-state index < -0.39 is 0 Å². The molecular weight excluding hydrogens is 276 g/mol. The molecule has 2 aromatic heterocycles. The van der Waals surface area contributed by atoms with Crippen LogP contribution in [0.2, 0.25) is 0 Å². The summed E-state index contributed by atoms with van der Waals surface area (Å²) in [6.45, 7) is 5.33. The van der Waals surface area contributed by atoms with Crippen molar-refractivity contribution in [3.05, 3.63) is 64.0 Å². The number of fused-ring (bicyclic) bond motifs is 1. The van der Waals surface area contributed by atoms with E-state index in [0.29, 0.717) is 0 Å². The Balaban J connectivity index is 2.06. The maximum absolute atomic E-state index is 4.48. The summed E-state index contributed by atoms with van der Waals surface area (Å²) in [4.78, 5) is 5.91. The number of rotatable bonds is 5. The lowest BCUT2D eigenvalue weighted by molar-refractivity contribution is 0.636. The third-order valence-corrected chi connectivity index (χ3v) is 4.82. The Bertz CT molecular complexity index is 733. The third-order valence-electron chi connectivity index (χ3n) is 3.80. The second-order valence-corrected chi connectivity index (χ2v) is 6.06. The largest absolute Gasteiger partial charge is 0.306 e. The van der Waals surface area contributed by atoms with Crippen LogP contribution in [0.1, 0.15) is 35.9 Å². The highest BCUT2D eigenvalue weighted by Gasteiger charge is 2.17. The lowest BCUT2D eigenvalue weighted by Crippen LogP contribution is -2.22. The van der Waals surface area contributed by atoms with E-state index in [1.165, 1.54) is 21.4 Å². The van der Waals surface area contributed by atoms with Crippen molar-refractivity contribution in [2.45, 2.75) is 26.3 Å². The van der Waals surface area contributed by atoms with Crippen molar-refractivity contribution < 1.29 is 0 Å². The Morgan fingerprint density at radius 3 is 2.90 bits per heavy atom. The van der Waals surface area contributed by atoms with Crippen LogP contribution in [-0.4, -0.2) is 11.5 Å². The van der Waals surface area contributed by atoms with E-state index in [1.54, 1.807) is 0 Å². The lowest BCUT2D eigenvalue weighted by Gasteiger charge is -2.19. The SMILES string of the molecule is CCNC(c1ccc2cccnc2c1)c1sccc1CC. The standard InChI is InChI=1S/C18H20N2S/c1-3-13-9-11-21-18(13)17(19-4-2)15-8-7-14-6-5-10-20-16(14)12-15/h5-12,17,19H,3-4H2,1-2H3. The number of pyridine rings is 1. The summed E-state index contributed by atoms with van der Waals surface area (Å²) in [6, 6.07) is 13.2. The Morgan fingerprint density at radius 2 is 2.10 bits per heavy atom. The molecule has 2 nitrogen and oxygen atoms in total. The molecule has 0 amide bonds. The summed E-state index contributed by atoms with van der Waals surface area (Å²) >= 11 is 1.84. The number of benzene rings is 1. The molecule has 2 heterocycles. The predicted molar refractivity (Wildman–Crippen MR) is 91.0 cm³/mol. The first-order valence-corrected chi connectivity index (χ1v) is 8.35. The van der Waals surface area contributed by atoms with Crippen molar-refractivity contribution in [1.29, 1.82) is 0 Å². The molecule has 0 aliphatic rings. The molecular formula is C18H20N2S. The molecule has 0 aliphatic heterocycles. The Hall–Kier alpha value is -1.71. The molecule has 21 heavy (non-hydrogen) atoms. The maximum atomic E-state index is 4.48. The van der Waals surface area contributed by atoms with Crippen LogP contribution < -0.4 is 5.32 Å². The molecule has 0 saturated heterocycles. The van der Waals surface area contributed by atoms with Crippen molar-refractivity contribution in [2.75, 3.05) is 6.54 Å². The summed E-state index contributed by atoms with van der Waals surface area (Å²) < 4.78 is 0. The number of nitrogens with zero attached hydrogens (tertiary/aromatic N) is 1. The van der Waals surface area contributed by atoms with Gasteiger partial charge in [0.05, 0.1) is 11.6 Å². The van der Waals surface area contributed by atoms with E-state index in [2.05, 4.69) is 59.9 Å². The number of hydrogen-bond donors (Lipinski definition) is 1. The van der Waals surface area contributed by atoms with Gasteiger partial charge in [-0.15, -0.1) is 11.3 Å². The quantitative estimate of drug-likeness (QED) is 0.746. The lowest BCUT2D eigenvalue weighted by atomic mass is 10.00. The van der Waals surface area contributed by atoms with E-state index in [-0.39, 0.29) is 6.04 Å². The number of thiophene rings is 1. The van der Waals surface area contributed by atoms with Crippen LogP contribution in [0.25, 0.3) is 10.9 Å².